The first kappa shape index (κ1) is 12.5. The average Bonchev–Trinajstić information content (AvgIpc) is 2.37. The number of thioether (sulfide) groups is 1. The number of pyridine rings is 1. The van der Waals surface area contributed by atoms with Crippen molar-refractivity contribution in [3.63, 3.8) is 0 Å². The highest BCUT2D eigenvalue weighted by molar-refractivity contribution is 7.99. The second-order valence-corrected chi connectivity index (χ2v) is 5.72. The van der Waals surface area contributed by atoms with E-state index in [0.717, 1.165) is 6.54 Å². The van der Waals surface area contributed by atoms with Gasteiger partial charge in [0.25, 0.3) is 0 Å². The fourth-order valence-corrected chi connectivity index (χ4v) is 3.26. The molecule has 0 unspecified atom stereocenters. The third-order valence-corrected chi connectivity index (χ3v) is 4.08. The molecule has 0 radical (unpaired) electrons. The van der Waals surface area contributed by atoms with Crippen molar-refractivity contribution in [2.75, 3.05) is 23.4 Å². The Hall–Kier alpha value is -0.920. The fraction of sp³-hybridized carbons (Fsp3) is 0.500. The first-order valence-corrected chi connectivity index (χ1v) is 7.20. The Balaban J connectivity index is 1.94. The van der Waals surface area contributed by atoms with Crippen LogP contribution in [0.3, 0.4) is 0 Å². The normalized spacial score (nSPS) is 16.5. The van der Waals surface area contributed by atoms with Crippen LogP contribution in [0, 0.1) is 17.2 Å². The van der Waals surface area contributed by atoms with Gasteiger partial charge in [0.1, 0.15) is 11.0 Å². The van der Waals surface area contributed by atoms with Crippen molar-refractivity contribution < 1.29 is 0 Å². The SMILES string of the molecule is N#Cc1cc(Cl)nc(NCC2CCSCC2)c1. The summed E-state index contributed by atoms with van der Waals surface area (Å²) in [4.78, 5) is 4.16. The van der Waals surface area contributed by atoms with Gasteiger partial charge >= 0.3 is 0 Å². The highest BCUT2D eigenvalue weighted by atomic mass is 35.5. The summed E-state index contributed by atoms with van der Waals surface area (Å²) in [6, 6.07) is 5.39. The van der Waals surface area contributed by atoms with E-state index in [2.05, 4.69) is 16.4 Å². The molecule has 2 heterocycles. The molecule has 2 rings (SSSR count). The maximum absolute atomic E-state index is 8.84. The number of nitrogens with zero attached hydrogens (tertiary/aromatic N) is 2. The van der Waals surface area contributed by atoms with Gasteiger partial charge < -0.3 is 5.32 Å². The van der Waals surface area contributed by atoms with Crippen molar-refractivity contribution in [1.29, 1.82) is 5.26 Å². The number of aromatic nitrogens is 1. The number of rotatable bonds is 3. The van der Waals surface area contributed by atoms with Crippen LogP contribution in [0.4, 0.5) is 5.82 Å². The van der Waals surface area contributed by atoms with Crippen LogP contribution in [0.2, 0.25) is 5.15 Å². The minimum absolute atomic E-state index is 0.366. The fourth-order valence-electron chi connectivity index (χ4n) is 1.85. The van der Waals surface area contributed by atoms with E-state index < -0.39 is 0 Å². The highest BCUT2D eigenvalue weighted by Gasteiger charge is 2.13. The van der Waals surface area contributed by atoms with Gasteiger partial charge in [0.05, 0.1) is 11.6 Å². The van der Waals surface area contributed by atoms with Gasteiger partial charge in [-0.05, 0) is 42.4 Å². The van der Waals surface area contributed by atoms with Crippen LogP contribution in [-0.4, -0.2) is 23.0 Å². The summed E-state index contributed by atoms with van der Waals surface area (Å²) in [7, 11) is 0. The zero-order chi connectivity index (χ0) is 12.1. The third kappa shape index (κ3) is 3.79. The second kappa shape index (κ2) is 6.13. The first-order chi connectivity index (χ1) is 8.28. The smallest absolute Gasteiger partial charge is 0.132 e. The Bertz CT molecular complexity index is 424. The molecule has 1 N–H and O–H groups in total. The van der Waals surface area contributed by atoms with E-state index in [1.807, 2.05) is 11.8 Å². The summed E-state index contributed by atoms with van der Waals surface area (Å²) in [6.07, 6.45) is 2.51. The van der Waals surface area contributed by atoms with Crippen LogP contribution in [-0.2, 0) is 0 Å². The standard InChI is InChI=1S/C12H14ClN3S/c13-11-5-10(7-14)6-12(16-11)15-8-9-1-3-17-4-2-9/h5-6,9H,1-4,8H2,(H,15,16). The van der Waals surface area contributed by atoms with E-state index in [-0.39, 0.29) is 0 Å². The minimum atomic E-state index is 0.366. The largest absolute Gasteiger partial charge is 0.370 e. The molecule has 0 spiro atoms. The van der Waals surface area contributed by atoms with E-state index in [1.165, 1.54) is 24.3 Å². The molecule has 1 aromatic rings. The lowest BCUT2D eigenvalue weighted by Crippen LogP contribution is -2.19. The molecular weight excluding hydrogens is 254 g/mol. The van der Waals surface area contributed by atoms with Crippen LogP contribution in [0.15, 0.2) is 12.1 Å². The molecule has 0 amide bonds. The Kier molecular flexibility index (Phi) is 4.52. The van der Waals surface area contributed by atoms with Gasteiger partial charge in [-0.3, -0.25) is 0 Å². The maximum atomic E-state index is 8.84. The summed E-state index contributed by atoms with van der Waals surface area (Å²) in [6.45, 7) is 0.915. The van der Waals surface area contributed by atoms with Gasteiger partial charge in [-0.1, -0.05) is 11.6 Å². The highest BCUT2D eigenvalue weighted by Crippen LogP contribution is 2.23. The predicted molar refractivity (Wildman–Crippen MR) is 72.5 cm³/mol. The van der Waals surface area contributed by atoms with E-state index >= 15 is 0 Å². The van der Waals surface area contributed by atoms with E-state index in [9.17, 15) is 0 Å². The average molecular weight is 268 g/mol. The number of halogens is 1. The molecule has 0 bridgehead atoms. The lowest BCUT2D eigenvalue weighted by Gasteiger charge is -2.21. The van der Waals surface area contributed by atoms with Crippen molar-refractivity contribution in [1.82, 2.24) is 4.98 Å². The molecular formula is C12H14ClN3S. The summed E-state index contributed by atoms with van der Waals surface area (Å²) in [5.74, 6) is 3.91. The molecule has 17 heavy (non-hydrogen) atoms. The first-order valence-electron chi connectivity index (χ1n) is 5.67. The zero-order valence-electron chi connectivity index (χ0n) is 9.45. The molecule has 0 atom stereocenters. The second-order valence-electron chi connectivity index (χ2n) is 4.11. The zero-order valence-corrected chi connectivity index (χ0v) is 11.0. The van der Waals surface area contributed by atoms with Gasteiger partial charge in [0.2, 0.25) is 0 Å². The third-order valence-electron chi connectivity index (χ3n) is 2.84. The van der Waals surface area contributed by atoms with E-state index in [4.69, 9.17) is 16.9 Å². The Morgan fingerprint density at radius 3 is 2.94 bits per heavy atom. The molecule has 1 aliphatic heterocycles. The molecule has 5 heteroatoms. The monoisotopic (exact) mass is 267 g/mol. The van der Waals surface area contributed by atoms with Crippen molar-refractivity contribution in [3.05, 3.63) is 22.8 Å². The number of nitrogens with one attached hydrogen (secondary N) is 1. The van der Waals surface area contributed by atoms with Crippen LogP contribution in [0.25, 0.3) is 0 Å². The molecule has 1 saturated heterocycles. The molecule has 0 aliphatic carbocycles. The topological polar surface area (TPSA) is 48.7 Å². The number of nitriles is 1. The van der Waals surface area contributed by atoms with Crippen molar-refractivity contribution >= 4 is 29.2 Å². The number of anilines is 1. The molecule has 1 fully saturated rings. The Morgan fingerprint density at radius 1 is 1.47 bits per heavy atom. The molecule has 1 aromatic heterocycles. The van der Waals surface area contributed by atoms with Crippen molar-refractivity contribution in [2.24, 2.45) is 5.92 Å². The van der Waals surface area contributed by atoms with E-state index in [0.29, 0.717) is 22.5 Å². The molecule has 3 nitrogen and oxygen atoms in total. The summed E-state index contributed by atoms with van der Waals surface area (Å²) < 4.78 is 0. The van der Waals surface area contributed by atoms with Gasteiger partial charge in [0, 0.05) is 6.54 Å². The van der Waals surface area contributed by atoms with Crippen molar-refractivity contribution in [3.8, 4) is 6.07 Å². The van der Waals surface area contributed by atoms with Crippen LogP contribution < -0.4 is 5.32 Å². The van der Waals surface area contributed by atoms with Crippen molar-refractivity contribution in [2.45, 2.75) is 12.8 Å². The molecule has 0 saturated carbocycles. The van der Waals surface area contributed by atoms with Gasteiger partial charge in [-0.2, -0.15) is 17.0 Å². The lowest BCUT2D eigenvalue weighted by atomic mass is 10.0. The van der Waals surface area contributed by atoms with Crippen LogP contribution >= 0.6 is 23.4 Å². The van der Waals surface area contributed by atoms with E-state index in [1.54, 1.807) is 12.1 Å². The summed E-state index contributed by atoms with van der Waals surface area (Å²) >= 11 is 7.87. The lowest BCUT2D eigenvalue weighted by molar-refractivity contribution is 0.515. The molecule has 0 aromatic carbocycles. The number of hydrogen-bond acceptors (Lipinski definition) is 4. The summed E-state index contributed by atoms with van der Waals surface area (Å²) in [5, 5.41) is 12.5. The van der Waals surface area contributed by atoms with Gasteiger partial charge in [-0.15, -0.1) is 0 Å². The maximum Gasteiger partial charge on any atom is 0.132 e. The molecule has 90 valence electrons. The number of hydrogen-bond donors (Lipinski definition) is 1. The van der Waals surface area contributed by atoms with Crippen LogP contribution in [0.1, 0.15) is 18.4 Å². The Labute approximate surface area is 111 Å². The Morgan fingerprint density at radius 2 is 2.24 bits per heavy atom. The quantitative estimate of drug-likeness (QED) is 0.855. The van der Waals surface area contributed by atoms with Gasteiger partial charge in [0.15, 0.2) is 0 Å². The van der Waals surface area contributed by atoms with Gasteiger partial charge in [-0.25, -0.2) is 4.98 Å². The summed E-state index contributed by atoms with van der Waals surface area (Å²) in [5.41, 5.74) is 0.548. The predicted octanol–water partition coefficient (Wildman–Crippen LogP) is 3.16. The minimum Gasteiger partial charge on any atom is -0.370 e. The van der Waals surface area contributed by atoms with Crippen LogP contribution in [0.5, 0.6) is 0 Å². The molecule has 1 aliphatic rings.